The summed E-state index contributed by atoms with van der Waals surface area (Å²) >= 11 is 0. The van der Waals surface area contributed by atoms with Crippen LogP contribution in [0.25, 0.3) is 0 Å². The van der Waals surface area contributed by atoms with Crippen LogP contribution in [0.1, 0.15) is 52.9 Å². The van der Waals surface area contributed by atoms with E-state index in [1.54, 1.807) is 14.0 Å². The number of fused-ring (bicyclic) bond motifs is 4. The monoisotopic (exact) mass is 483 g/mol. The van der Waals surface area contributed by atoms with Crippen molar-refractivity contribution >= 4 is 24.0 Å². The smallest absolute Gasteiger partial charge is 0.340 e. The number of nitrogens with zero attached hydrogens (tertiary/aromatic N) is 1. The number of carbonyl (C=O) groups is 4. The molecular formula is C27H33NO7. The molecule has 0 aromatic rings. The molecule has 8 heteroatoms. The van der Waals surface area contributed by atoms with E-state index in [1.165, 1.54) is 0 Å². The molecule has 1 saturated carbocycles. The van der Waals surface area contributed by atoms with Gasteiger partial charge < -0.3 is 19.1 Å². The Bertz CT molecular complexity index is 1090. The molecule has 5 atom stereocenters. The van der Waals surface area contributed by atoms with Crippen molar-refractivity contribution in [3.8, 4) is 0 Å². The number of methoxy groups -OCH3 is 1. The van der Waals surface area contributed by atoms with Crippen LogP contribution in [0.15, 0.2) is 34.1 Å². The van der Waals surface area contributed by atoms with Crippen LogP contribution in [0.4, 0.5) is 0 Å². The molecular weight excluding hydrogens is 450 g/mol. The van der Waals surface area contributed by atoms with Gasteiger partial charge in [-0.05, 0) is 44.3 Å². The maximum absolute atomic E-state index is 14.1. The van der Waals surface area contributed by atoms with Gasteiger partial charge in [0.2, 0.25) is 0 Å². The lowest BCUT2D eigenvalue weighted by molar-refractivity contribution is -0.158. The molecule has 188 valence electrons. The molecule has 0 bridgehead atoms. The van der Waals surface area contributed by atoms with E-state index in [1.807, 2.05) is 20.0 Å². The molecule has 0 amide bonds. The number of ketones is 2. The minimum Gasteiger partial charge on any atom is -0.460 e. The van der Waals surface area contributed by atoms with E-state index in [-0.39, 0.29) is 24.1 Å². The van der Waals surface area contributed by atoms with Gasteiger partial charge in [-0.1, -0.05) is 6.92 Å². The topological polar surface area (TPSA) is 99.2 Å². The largest absolute Gasteiger partial charge is 0.460 e. The Hall–Kier alpha value is -2.74. The third kappa shape index (κ3) is 3.29. The molecule has 2 saturated heterocycles. The van der Waals surface area contributed by atoms with Crippen LogP contribution in [0, 0.1) is 16.7 Å². The molecule has 5 aliphatic rings. The number of ether oxygens (including phenoxy) is 3. The maximum Gasteiger partial charge on any atom is 0.340 e. The zero-order chi connectivity index (χ0) is 25.1. The van der Waals surface area contributed by atoms with E-state index in [2.05, 4.69) is 4.90 Å². The van der Waals surface area contributed by atoms with E-state index in [9.17, 15) is 19.2 Å². The Labute approximate surface area is 205 Å². The number of Topliss-reactive ketones (excluding diaryl/α,β-unsaturated/α-hetero) is 2. The first-order valence-electron chi connectivity index (χ1n) is 12.5. The van der Waals surface area contributed by atoms with Crippen LogP contribution in [0.5, 0.6) is 0 Å². The SMILES string of the molecule is COCC1OC(=O)/C(=C/N2CCCC2)C2=C(C)C(=O)C3=C(C(OC=O)C[C@]4(C)C(=O)CCC34)[C@]21C. The van der Waals surface area contributed by atoms with Gasteiger partial charge >= 0.3 is 5.97 Å². The van der Waals surface area contributed by atoms with Gasteiger partial charge in [0.15, 0.2) is 5.78 Å². The minimum atomic E-state index is -0.941. The average molecular weight is 484 g/mol. The molecule has 3 unspecified atom stereocenters. The molecule has 0 N–H and O–H groups in total. The Balaban J connectivity index is 1.76. The fourth-order valence-electron chi connectivity index (χ4n) is 7.31. The van der Waals surface area contributed by atoms with E-state index < -0.39 is 29.0 Å². The lowest BCUT2D eigenvalue weighted by Gasteiger charge is -2.53. The molecule has 2 heterocycles. The Morgan fingerprint density at radius 2 is 1.89 bits per heavy atom. The molecule has 2 aliphatic heterocycles. The number of rotatable bonds is 5. The van der Waals surface area contributed by atoms with Gasteiger partial charge in [0.25, 0.3) is 6.47 Å². The lowest BCUT2D eigenvalue weighted by Crippen LogP contribution is -2.56. The Kier molecular flexibility index (Phi) is 5.78. The molecule has 3 aliphatic carbocycles. The summed E-state index contributed by atoms with van der Waals surface area (Å²) in [5.74, 6) is -0.816. The predicted molar refractivity (Wildman–Crippen MR) is 125 cm³/mol. The van der Waals surface area contributed by atoms with Gasteiger partial charge in [-0.3, -0.25) is 14.4 Å². The quantitative estimate of drug-likeness (QED) is 0.334. The molecule has 0 spiro atoms. The van der Waals surface area contributed by atoms with Gasteiger partial charge in [-0.2, -0.15) is 0 Å². The third-order valence-corrected chi connectivity index (χ3v) is 9.05. The Morgan fingerprint density at radius 3 is 2.54 bits per heavy atom. The maximum atomic E-state index is 14.1. The van der Waals surface area contributed by atoms with Crippen molar-refractivity contribution in [3.63, 3.8) is 0 Å². The first-order chi connectivity index (χ1) is 16.7. The van der Waals surface area contributed by atoms with Crippen molar-refractivity contribution in [1.82, 2.24) is 4.90 Å². The summed E-state index contributed by atoms with van der Waals surface area (Å²) in [5.41, 5.74) is 0.992. The predicted octanol–water partition coefficient (Wildman–Crippen LogP) is 2.67. The number of likely N-dealkylation sites (tertiary alicyclic amines) is 1. The second kappa shape index (κ2) is 8.43. The van der Waals surface area contributed by atoms with Gasteiger partial charge in [-0.15, -0.1) is 0 Å². The highest BCUT2D eigenvalue weighted by Gasteiger charge is 2.63. The first kappa shape index (κ1) is 24.0. The van der Waals surface area contributed by atoms with Gasteiger partial charge in [-0.25, -0.2) is 4.79 Å². The van der Waals surface area contributed by atoms with Crippen LogP contribution in [-0.2, 0) is 33.4 Å². The number of cyclic esters (lactones) is 1. The van der Waals surface area contributed by atoms with Crippen molar-refractivity contribution in [2.45, 2.75) is 65.1 Å². The summed E-state index contributed by atoms with van der Waals surface area (Å²) in [6.07, 6.45) is 3.71. The summed E-state index contributed by atoms with van der Waals surface area (Å²) in [7, 11) is 1.54. The second-order valence-corrected chi connectivity index (χ2v) is 10.9. The fraction of sp³-hybridized carbons (Fsp3) is 0.630. The molecule has 5 rings (SSSR count). The van der Waals surface area contributed by atoms with E-state index in [0.717, 1.165) is 25.9 Å². The molecule has 0 aromatic heterocycles. The second-order valence-electron chi connectivity index (χ2n) is 10.9. The molecule has 8 nitrogen and oxygen atoms in total. The molecule has 35 heavy (non-hydrogen) atoms. The standard InChI is InChI=1S/C27H33NO7/c1-15-22-16(12-28-9-5-6-10-28)25(32)35-20(13-33-4)27(22,3)23-18(34-14-29)11-26(2)17(7-8-19(26)30)21(23)24(15)31/h12,14,17-18,20H,5-11,13H2,1-4H3/b16-12+/t17?,18?,20?,26-,27-/m0/s1. The number of hydrogen-bond acceptors (Lipinski definition) is 8. The van der Waals surface area contributed by atoms with Crippen molar-refractivity contribution in [2.24, 2.45) is 16.7 Å². The lowest BCUT2D eigenvalue weighted by atomic mass is 9.52. The summed E-state index contributed by atoms with van der Waals surface area (Å²) in [5, 5.41) is 0. The van der Waals surface area contributed by atoms with Gasteiger partial charge in [0.1, 0.15) is 18.0 Å². The third-order valence-electron chi connectivity index (χ3n) is 9.05. The zero-order valence-electron chi connectivity index (χ0n) is 20.8. The zero-order valence-corrected chi connectivity index (χ0v) is 20.8. The normalized spacial score (nSPS) is 37.9. The van der Waals surface area contributed by atoms with Crippen LogP contribution in [-0.4, -0.2) is 67.9 Å². The Morgan fingerprint density at radius 1 is 1.17 bits per heavy atom. The molecule has 3 fully saturated rings. The van der Waals surface area contributed by atoms with Crippen molar-refractivity contribution in [1.29, 1.82) is 0 Å². The summed E-state index contributed by atoms with van der Waals surface area (Å²) in [6, 6.07) is 0. The van der Waals surface area contributed by atoms with Crippen LogP contribution >= 0.6 is 0 Å². The summed E-state index contributed by atoms with van der Waals surface area (Å²) in [6.45, 7) is 7.79. The number of allylic oxidation sites excluding steroid dienone is 2. The van der Waals surface area contributed by atoms with Crippen LogP contribution in [0.2, 0.25) is 0 Å². The van der Waals surface area contributed by atoms with Crippen molar-refractivity contribution in [2.75, 3.05) is 26.8 Å². The van der Waals surface area contributed by atoms with E-state index in [4.69, 9.17) is 14.2 Å². The van der Waals surface area contributed by atoms with Gasteiger partial charge in [0.05, 0.1) is 17.6 Å². The highest BCUT2D eigenvalue weighted by atomic mass is 16.6. The average Bonchev–Trinajstić information content (AvgIpc) is 3.43. The van der Waals surface area contributed by atoms with Crippen molar-refractivity contribution < 1.29 is 33.4 Å². The highest BCUT2D eigenvalue weighted by Crippen LogP contribution is 2.62. The van der Waals surface area contributed by atoms with Crippen LogP contribution in [0.3, 0.4) is 0 Å². The number of carbonyl (C=O) groups excluding carboxylic acids is 4. The number of esters is 1. The minimum absolute atomic E-state index is 0.0945. The first-order valence-corrected chi connectivity index (χ1v) is 12.5. The van der Waals surface area contributed by atoms with Crippen LogP contribution < -0.4 is 0 Å². The van der Waals surface area contributed by atoms with E-state index in [0.29, 0.717) is 53.6 Å². The summed E-state index contributed by atoms with van der Waals surface area (Å²) < 4.78 is 17.1. The molecule has 0 aromatic carbocycles. The van der Waals surface area contributed by atoms with Gasteiger partial charge in [0, 0.05) is 61.7 Å². The molecule has 0 radical (unpaired) electrons. The highest BCUT2D eigenvalue weighted by molar-refractivity contribution is 6.15. The summed E-state index contributed by atoms with van der Waals surface area (Å²) in [4.78, 5) is 54.0. The fourth-order valence-corrected chi connectivity index (χ4v) is 7.31. The van der Waals surface area contributed by atoms with Crippen molar-refractivity contribution in [3.05, 3.63) is 34.1 Å². The number of hydrogen-bond donors (Lipinski definition) is 0. The van der Waals surface area contributed by atoms with E-state index >= 15 is 0 Å².